The summed E-state index contributed by atoms with van der Waals surface area (Å²) in [7, 11) is 3.25. The normalized spacial score (nSPS) is 11.7. The molecule has 0 bridgehead atoms. The van der Waals surface area contributed by atoms with Crippen LogP contribution < -0.4 is 9.47 Å². The molecule has 0 radical (unpaired) electrons. The molecule has 0 saturated heterocycles. The van der Waals surface area contributed by atoms with Crippen molar-refractivity contribution in [3.05, 3.63) is 58.1 Å². The lowest BCUT2D eigenvalue weighted by molar-refractivity contribution is 0.397. The van der Waals surface area contributed by atoms with Gasteiger partial charge in [-0.25, -0.2) is 0 Å². The lowest BCUT2D eigenvalue weighted by Crippen LogP contribution is -2.06. The summed E-state index contributed by atoms with van der Waals surface area (Å²) < 4.78 is 10.7. The van der Waals surface area contributed by atoms with Crippen LogP contribution in [0.1, 0.15) is 33.7 Å². The number of rotatable bonds is 5. The van der Waals surface area contributed by atoms with E-state index in [1.807, 2.05) is 18.2 Å². The summed E-state index contributed by atoms with van der Waals surface area (Å²) in [5.41, 5.74) is 5.80. The zero-order valence-electron chi connectivity index (χ0n) is 14.4. The van der Waals surface area contributed by atoms with E-state index in [2.05, 4.69) is 39.0 Å². The van der Waals surface area contributed by atoms with Crippen molar-refractivity contribution in [3.63, 3.8) is 0 Å². The molecule has 0 amide bonds. The Morgan fingerprint density at radius 3 is 2.17 bits per heavy atom. The van der Waals surface area contributed by atoms with Gasteiger partial charge >= 0.3 is 0 Å². The second kappa shape index (κ2) is 7.19. The zero-order chi connectivity index (χ0) is 17.0. The van der Waals surface area contributed by atoms with Crippen LogP contribution in [0.3, 0.4) is 0 Å². The number of benzene rings is 2. The maximum absolute atomic E-state index is 9.71. The number of nitrogens with zero attached hydrogens (tertiary/aromatic N) is 1. The van der Waals surface area contributed by atoms with Gasteiger partial charge in [-0.1, -0.05) is 17.7 Å². The van der Waals surface area contributed by atoms with Crippen molar-refractivity contribution in [1.29, 1.82) is 5.26 Å². The van der Waals surface area contributed by atoms with Gasteiger partial charge in [-0.2, -0.15) is 5.26 Å². The molecule has 3 heteroatoms. The largest absolute Gasteiger partial charge is 0.497 e. The molecule has 0 fully saturated rings. The molecule has 2 rings (SSSR count). The van der Waals surface area contributed by atoms with E-state index >= 15 is 0 Å². The van der Waals surface area contributed by atoms with Crippen molar-refractivity contribution in [2.45, 2.75) is 33.1 Å². The molecule has 0 saturated carbocycles. The Morgan fingerprint density at radius 1 is 1.00 bits per heavy atom. The summed E-state index contributed by atoms with van der Waals surface area (Å²) in [5, 5.41) is 9.71. The van der Waals surface area contributed by atoms with Gasteiger partial charge in [-0.15, -0.1) is 0 Å². The van der Waals surface area contributed by atoms with E-state index in [4.69, 9.17) is 9.47 Å². The SMILES string of the molecule is COc1ccc(OC)c(C(C#N)Cc2c(C)cc(C)cc2C)c1. The first-order chi connectivity index (χ1) is 11.0. The Balaban J connectivity index is 2.44. The predicted molar refractivity (Wildman–Crippen MR) is 92.3 cm³/mol. The zero-order valence-corrected chi connectivity index (χ0v) is 14.4. The quantitative estimate of drug-likeness (QED) is 0.818. The fraction of sp³-hybridized carbons (Fsp3) is 0.350. The van der Waals surface area contributed by atoms with Gasteiger partial charge in [0.15, 0.2) is 0 Å². The fourth-order valence-electron chi connectivity index (χ4n) is 3.07. The van der Waals surface area contributed by atoms with Gasteiger partial charge in [-0.3, -0.25) is 0 Å². The molecule has 2 aromatic carbocycles. The average molecular weight is 309 g/mol. The highest BCUT2D eigenvalue weighted by molar-refractivity contribution is 5.47. The van der Waals surface area contributed by atoms with Crippen LogP contribution in [0.25, 0.3) is 0 Å². The van der Waals surface area contributed by atoms with Crippen LogP contribution in [0.15, 0.2) is 30.3 Å². The van der Waals surface area contributed by atoms with Gasteiger partial charge in [0.25, 0.3) is 0 Å². The van der Waals surface area contributed by atoms with Crippen LogP contribution in [0, 0.1) is 32.1 Å². The highest BCUT2D eigenvalue weighted by Gasteiger charge is 2.19. The molecule has 1 atom stereocenters. The van der Waals surface area contributed by atoms with Gasteiger partial charge in [-0.05, 0) is 62.1 Å². The number of aryl methyl sites for hydroxylation is 3. The van der Waals surface area contributed by atoms with Gasteiger partial charge in [0, 0.05) is 5.56 Å². The molecule has 2 aromatic rings. The topological polar surface area (TPSA) is 42.2 Å². The first kappa shape index (κ1) is 16.9. The van der Waals surface area contributed by atoms with Gasteiger partial charge in [0.1, 0.15) is 11.5 Å². The average Bonchev–Trinajstić information content (AvgIpc) is 2.53. The summed E-state index contributed by atoms with van der Waals surface area (Å²) in [6, 6.07) is 12.4. The number of hydrogen-bond acceptors (Lipinski definition) is 3. The Bertz CT molecular complexity index is 721. The lowest BCUT2D eigenvalue weighted by atomic mass is 9.87. The Kier molecular flexibility index (Phi) is 5.28. The van der Waals surface area contributed by atoms with Crippen LogP contribution in [0.4, 0.5) is 0 Å². The number of ether oxygens (including phenoxy) is 2. The standard InChI is InChI=1S/C20H23NO2/c1-13-8-14(2)18(15(3)9-13)10-16(12-21)19-11-17(22-4)6-7-20(19)23-5/h6-9,11,16H,10H2,1-5H3. The van der Waals surface area contributed by atoms with Crippen LogP contribution in [0.2, 0.25) is 0 Å². The fourth-order valence-corrected chi connectivity index (χ4v) is 3.07. The van der Waals surface area contributed by atoms with Crippen LogP contribution in [0.5, 0.6) is 11.5 Å². The van der Waals surface area contributed by atoms with E-state index in [9.17, 15) is 5.26 Å². The van der Waals surface area contributed by atoms with Gasteiger partial charge in [0.05, 0.1) is 26.2 Å². The molecule has 0 aliphatic carbocycles. The molecule has 0 aromatic heterocycles. The minimum atomic E-state index is -0.278. The molecule has 3 nitrogen and oxygen atoms in total. The molecule has 0 aliphatic rings. The van der Waals surface area contributed by atoms with Crippen molar-refractivity contribution >= 4 is 0 Å². The third-order valence-electron chi connectivity index (χ3n) is 4.22. The highest BCUT2D eigenvalue weighted by Crippen LogP contribution is 2.33. The number of hydrogen-bond donors (Lipinski definition) is 0. The van der Waals surface area contributed by atoms with Gasteiger partial charge in [0.2, 0.25) is 0 Å². The van der Waals surface area contributed by atoms with Crippen LogP contribution in [-0.2, 0) is 6.42 Å². The molecule has 23 heavy (non-hydrogen) atoms. The van der Waals surface area contributed by atoms with E-state index in [-0.39, 0.29) is 5.92 Å². The van der Waals surface area contributed by atoms with E-state index in [1.165, 1.54) is 22.3 Å². The molecule has 0 spiro atoms. The second-order valence-electron chi connectivity index (χ2n) is 5.87. The van der Waals surface area contributed by atoms with Crippen molar-refractivity contribution in [1.82, 2.24) is 0 Å². The van der Waals surface area contributed by atoms with Gasteiger partial charge < -0.3 is 9.47 Å². The van der Waals surface area contributed by atoms with Crippen molar-refractivity contribution < 1.29 is 9.47 Å². The minimum absolute atomic E-state index is 0.278. The van der Waals surface area contributed by atoms with E-state index in [1.54, 1.807) is 14.2 Å². The summed E-state index contributed by atoms with van der Waals surface area (Å²) >= 11 is 0. The number of nitriles is 1. The second-order valence-corrected chi connectivity index (χ2v) is 5.87. The molecular formula is C20H23NO2. The monoisotopic (exact) mass is 309 g/mol. The predicted octanol–water partition coefficient (Wildman–Crippen LogP) is 4.48. The first-order valence-corrected chi connectivity index (χ1v) is 7.68. The molecule has 1 unspecified atom stereocenters. The third-order valence-corrected chi connectivity index (χ3v) is 4.22. The summed E-state index contributed by atoms with van der Waals surface area (Å²) in [5.74, 6) is 1.18. The Morgan fingerprint density at radius 2 is 1.65 bits per heavy atom. The maximum Gasteiger partial charge on any atom is 0.123 e. The van der Waals surface area contributed by atoms with E-state index in [0.29, 0.717) is 6.42 Å². The Labute approximate surface area is 138 Å². The molecule has 0 aliphatic heterocycles. The molecular weight excluding hydrogens is 286 g/mol. The molecule has 0 heterocycles. The molecule has 120 valence electrons. The maximum atomic E-state index is 9.71. The van der Waals surface area contributed by atoms with E-state index < -0.39 is 0 Å². The van der Waals surface area contributed by atoms with Crippen molar-refractivity contribution in [2.24, 2.45) is 0 Å². The van der Waals surface area contributed by atoms with Crippen LogP contribution >= 0.6 is 0 Å². The minimum Gasteiger partial charge on any atom is -0.497 e. The van der Waals surface area contributed by atoms with Crippen LogP contribution in [-0.4, -0.2) is 14.2 Å². The Hall–Kier alpha value is -2.47. The first-order valence-electron chi connectivity index (χ1n) is 7.68. The molecule has 0 N–H and O–H groups in total. The third kappa shape index (κ3) is 3.65. The lowest BCUT2D eigenvalue weighted by Gasteiger charge is -2.18. The summed E-state index contributed by atoms with van der Waals surface area (Å²) in [6.45, 7) is 6.30. The number of methoxy groups -OCH3 is 2. The highest BCUT2D eigenvalue weighted by atomic mass is 16.5. The smallest absolute Gasteiger partial charge is 0.123 e. The van der Waals surface area contributed by atoms with Crippen molar-refractivity contribution in [2.75, 3.05) is 14.2 Å². The summed E-state index contributed by atoms with van der Waals surface area (Å²) in [6.07, 6.45) is 0.665. The van der Waals surface area contributed by atoms with E-state index in [0.717, 1.165) is 17.1 Å². The summed E-state index contributed by atoms with van der Waals surface area (Å²) in [4.78, 5) is 0. The van der Waals surface area contributed by atoms with Crippen molar-refractivity contribution in [3.8, 4) is 17.6 Å².